The first-order chi connectivity index (χ1) is 16.2. The molecule has 3 aliphatic rings. The molecule has 3 aliphatic heterocycles. The van der Waals surface area contributed by atoms with Crippen molar-refractivity contribution in [2.45, 2.75) is 30.7 Å². The third-order valence-corrected chi connectivity index (χ3v) is 8.56. The number of aryl methyl sites for hydroxylation is 1. The minimum Gasteiger partial charge on any atom is -0.346 e. The number of nitrogens with zero attached hydrogens (tertiary/aromatic N) is 2. The van der Waals surface area contributed by atoms with E-state index in [-0.39, 0.29) is 16.8 Å². The molecule has 0 radical (unpaired) electrons. The van der Waals surface area contributed by atoms with Crippen LogP contribution >= 0.6 is 27.3 Å². The van der Waals surface area contributed by atoms with E-state index in [9.17, 15) is 13.2 Å². The predicted molar refractivity (Wildman–Crippen MR) is 137 cm³/mol. The van der Waals surface area contributed by atoms with E-state index in [1.807, 2.05) is 31.2 Å². The quantitative estimate of drug-likeness (QED) is 0.448. The number of rotatable bonds is 4. The van der Waals surface area contributed by atoms with Crippen LogP contribution in [-0.4, -0.2) is 54.4 Å². The number of benzene rings is 2. The first-order valence-electron chi connectivity index (χ1n) is 11.0. The lowest BCUT2D eigenvalue weighted by atomic mass is 9.84. The number of hydrogen-bond donors (Lipinski definition) is 2. The van der Waals surface area contributed by atoms with Crippen molar-refractivity contribution in [2.24, 2.45) is 5.92 Å². The average molecular weight is 565 g/mol. The molecule has 34 heavy (non-hydrogen) atoms. The molecule has 180 valence electrons. The fraction of sp³-hybridized carbons (Fsp3) is 0.333. The van der Waals surface area contributed by atoms with Crippen LogP contribution in [0.15, 0.2) is 64.1 Å². The number of hydrogen-bond acceptors (Lipinski definition) is 6. The molecule has 3 fully saturated rings. The number of amides is 1. The molecule has 0 unspecified atom stereocenters. The first kappa shape index (κ1) is 25.0. The van der Waals surface area contributed by atoms with E-state index in [1.54, 1.807) is 18.3 Å². The highest BCUT2D eigenvalue weighted by Crippen LogP contribution is 2.29. The topological polar surface area (TPSA) is 99.6 Å². The highest BCUT2D eigenvalue weighted by Gasteiger charge is 2.35. The van der Waals surface area contributed by atoms with Crippen molar-refractivity contribution in [3.63, 3.8) is 0 Å². The largest absolute Gasteiger partial charge is 0.346 e. The smallest absolute Gasteiger partial charge is 0.294 e. The van der Waals surface area contributed by atoms with Crippen LogP contribution in [0.4, 0.5) is 0 Å². The van der Waals surface area contributed by atoms with Gasteiger partial charge in [0.25, 0.3) is 16.0 Å². The average Bonchev–Trinajstić information content (AvgIpc) is 3.31. The highest BCUT2D eigenvalue weighted by molar-refractivity contribution is 9.10. The Bertz CT molecular complexity index is 1240. The summed E-state index contributed by atoms with van der Waals surface area (Å²) >= 11 is 4.89. The van der Waals surface area contributed by atoms with Gasteiger partial charge in [0.2, 0.25) is 0 Å². The Morgan fingerprint density at radius 2 is 1.76 bits per heavy atom. The van der Waals surface area contributed by atoms with E-state index in [2.05, 4.69) is 31.1 Å². The third kappa shape index (κ3) is 6.31. The number of carbonyl (C=O) groups excluding carboxylic acids is 1. The Morgan fingerprint density at radius 3 is 2.32 bits per heavy atom. The molecule has 2 aromatic carbocycles. The van der Waals surface area contributed by atoms with E-state index in [0.717, 1.165) is 27.0 Å². The normalized spacial score (nSPS) is 21.4. The van der Waals surface area contributed by atoms with Crippen LogP contribution in [0.25, 0.3) is 10.4 Å². The molecule has 0 spiro atoms. The number of carbonyl (C=O) groups is 1. The van der Waals surface area contributed by atoms with Gasteiger partial charge in [-0.3, -0.25) is 9.35 Å². The molecule has 0 aliphatic carbocycles. The number of piperidine rings is 3. The molecule has 3 saturated heterocycles. The van der Waals surface area contributed by atoms with Crippen molar-refractivity contribution >= 4 is 43.3 Å². The lowest BCUT2D eigenvalue weighted by molar-refractivity contribution is 0.0620. The SMILES string of the molecule is Cc1ccc(S(=O)(=O)O)cc1.O=C(N[C@H]1CN2CCC1CC2)c1ncc(-c2ccc(Br)cc2)s1. The van der Waals surface area contributed by atoms with Crippen LogP contribution < -0.4 is 5.32 Å². The van der Waals surface area contributed by atoms with Gasteiger partial charge >= 0.3 is 0 Å². The monoisotopic (exact) mass is 563 g/mol. The second-order valence-corrected chi connectivity index (χ2v) is 11.9. The summed E-state index contributed by atoms with van der Waals surface area (Å²) in [5.74, 6) is 0.604. The minimum absolute atomic E-state index is 0.0305. The van der Waals surface area contributed by atoms with Crippen LogP contribution in [0.3, 0.4) is 0 Å². The van der Waals surface area contributed by atoms with Crippen LogP contribution in [-0.2, 0) is 10.1 Å². The summed E-state index contributed by atoms with van der Waals surface area (Å²) in [5, 5.41) is 3.76. The standard InChI is InChI=1S/C17H18BrN3OS.C7H8O3S/c18-13-3-1-12(2-4-13)15-9-19-17(23-15)16(22)20-14-10-21-7-5-11(14)6-8-21;1-6-2-4-7(5-3-6)11(8,9)10/h1-4,9,11,14H,5-8,10H2,(H,20,22);2-5H,1H3,(H,8,9,10)/t14-;/m0./s1. The van der Waals surface area contributed by atoms with Gasteiger partial charge < -0.3 is 10.2 Å². The zero-order valence-corrected chi connectivity index (χ0v) is 21.9. The summed E-state index contributed by atoms with van der Waals surface area (Å²) in [6, 6.07) is 14.3. The molecule has 1 amide bonds. The van der Waals surface area contributed by atoms with Crippen molar-refractivity contribution in [2.75, 3.05) is 19.6 Å². The molecule has 1 aromatic heterocycles. The van der Waals surface area contributed by atoms with Gasteiger partial charge in [0.05, 0.1) is 9.77 Å². The van der Waals surface area contributed by atoms with Crippen LogP contribution in [0.1, 0.15) is 28.2 Å². The minimum atomic E-state index is -4.02. The van der Waals surface area contributed by atoms with E-state index in [0.29, 0.717) is 10.9 Å². The summed E-state index contributed by atoms with van der Waals surface area (Å²) in [6.07, 6.45) is 4.19. The first-order valence-corrected chi connectivity index (χ1v) is 14.0. The second-order valence-electron chi connectivity index (χ2n) is 8.54. The third-order valence-electron chi connectivity index (χ3n) is 6.12. The zero-order valence-electron chi connectivity index (χ0n) is 18.6. The van der Waals surface area contributed by atoms with Crippen LogP contribution in [0, 0.1) is 12.8 Å². The zero-order chi connectivity index (χ0) is 24.3. The van der Waals surface area contributed by atoms with Crippen molar-refractivity contribution < 1.29 is 17.8 Å². The van der Waals surface area contributed by atoms with E-state index in [1.165, 1.54) is 49.4 Å². The molecule has 7 nitrogen and oxygen atoms in total. The van der Waals surface area contributed by atoms with Gasteiger partial charge in [0.1, 0.15) is 0 Å². The second kappa shape index (κ2) is 10.7. The van der Waals surface area contributed by atoms with Crippen molar-refractivity contribution in [3.05, 3.63) is 69.8 Å². The summed E-state index contributed by atoms with van der Waals surface area (Å²) in [5.41, 5.74) is 2.05. The van der Waals surface area contributed by atoms with E-state index < -0.39 is 10.1 Å². The maximum atomic E-state index is 12.5. The molecule has 6 rings (SSSR count). The predicted octanol–water partition coefficient (Wildman–Crippen LogP) is 4.64. The number of halogens is 1. The van der Waals surface area contributed by atoms with Gasteiger partial charge in [-0.15, -0.1) is 11.3 Å². The Morgan fingerprint density at radius 1 is 1.12 bits per heavy atom. The summed E-state index contributed by atoms with van der Waals surface area (Å²) in [4.78, 5) is 20.2. The van der Waals surface area contributed by atoms with E-state index in [4.69, 9.17) is 4.55 Å². The number of thiazole rings is 1. The maximum Gasteiger partial charge on any atom is 0.294 e. The number of aromatic nitrogens is 1. The lowest BCUT2D eigenvalue weighted by Crippen LogP contribution is -2.57. The molecule has 2 bridgehead atoms. The van der Waals surface area contributed by atoms with Gasteiger partial charge in [-0.1, -0.05) is 45.8 Å². The number of nitrogens with one attached hydrogen (secondary N) is 1. The molecule has 4 heterocycles. The van der Waals surface area contributed by atoms with Gasteiger partial charge in [-0.25, -0.2) is 4.98 Å². The maximum absolute atomic E-state index is 12.5. The van der Waals surface area contributed by atoms with Gasteiger partial charge in [-0.05, 0) is 68.6 Å². The Hall–Kier alpha value is -2.11. The molecular weight excluding hydrogens is 538 g/mol. The van der Waals surface area contributed by atoms with Gasteiger partial charge in [0, 0.05) is 23.3 Å². The van der Waals surface area contributed by atoms with Crippen molar-refractivity contribution in [1.82, 2.24) is 15.2 Å². The van der Waals surface area contributed by atoms with Crippen molar-refractivity contribution in [1.29, 1.82) is 0 Å². The molecule has 1 atom stereocenters. The Balaban J connectivity index is 0.000000210. The Kier molecular flexibility index (Phi) is 7.83. The summed E-state index contributed by atoms with van der Waals surface area (Å²) in [7, 11) is -4.02. The van der Waals surface area contributed by atoms with E-state index >= 15 is 0 Å². The summed E-state index contributed by atoms with van der Waals surface area (Å²) < 4.78 is 30.6. The molecule has 10 heteroatoms. The number of fused-ring (bicyclic) bond motifs is 3. The summed E-state index contributed by atoms with van der Waals surface area (Å²) in [6.45, 7) is 5.19. The van der Waals surface area contributed by atoms with Gasteiger partial charge in [-0.2, -0.15) is 8.42 Å². The molecule has 2 N–H and O–H groups in total. The lowest BCUT2D eigenvalue weighted by Gasteiger charge is -2.44. The highest BCUT2D eigenvalue weighted by atomic mass is 79.9. The molecule has 0 saturated carbocycles. The van der Waals surface area contributed by atoms with Gasteiger partial charge in [0.15, 0.2) is 5.01 Å². The van der Waals surface area contributed by atoms with Crippen molar-refractivity contribution in [3.8, 4) is 10.4 Å². The fourth-order valence-electron chi connectivity index (χ4n) is 4.20. The van der Waals surface area contributed by atoms with Crippen LogP contribution in [0.2, 0.25) is 0 Å². The Labute approximate surface area is 212 Å². The molecule has 3 aromatic rings. The fourth-order valence-corrected chi connectivity index (χ4v) is 5.76. The van der Waals surface area contributed by atoms with Crippen LogP contribution in [0.5, 0.6) is 0 Å². The molecular formula is C24H26BrN3O4S2.